The van der Waals surface area contributed by atoms with Crippen LogP contribution in [0, 0.1) is 17.3 Å². The van der Waals surface area contributed by atoms with Gasteiger partial charge in [0.25, 0.3) is 0 Å². The Morgan fingerprint density at radius 1 is 0.968 bits per heavy atom. The van der Waals surface area contributed by atoms with E-state index in [9.17, 15) is 14.4 Å². The maximum Gasteiger partial charge on any atom is 0.320 e. The Kier molecular flexibility index (Phi) is 12.9. The molecule has 0 radical (unpaired) electrons. The molecule has 0 aromatic heterocycles. The summed E-state index contributed by atoms with van der Waals surface area (Å²) < 4.78 is 14.9. The first-order chi connectivity index (χ1) is 15.0. The fourth-order valence-corrected chi connectivity index (χ4v) is 4.37. The zero-order valence-corrected chi connectivity index (χ0v) is 19.7. The highest BCUT2D eigenvalue weighted by Gasteiger charge is 2.52. The third-order valence-electron chi connectivity index (χ3n) is 6.11. The van der Waals surface area contributed by atoms with Crippen molar-refractivity contribution in [3.63, 3.8) is 0 Å². The minimum atomic E-state index is -1.11. The molecule has 3 atom stereocenters. The molecule has 3 unspecified atom stereocenters. The average Bonchev–Trinajstić information content (AvgIpc) is 2.80. The van der Waals surface area contributed by atoms with Crippen LogP contribution in [0.5, 0.6) is 0 Å². The Morgan fingerprint density at radius 2 is 1.68 bits per heavy atom. The number of esters is 3. The van der Waals surface area contributed by atoms with E-state index in [1.807, 2.05) is 24.3 Å². The molecule has 0 saturated heterocycles. The second-order valence-corrected chi connectivity index (χ2v) is 8.25. The molecule has 0 aromatic carbocycles. The molecule has 31 heavy (non-hydrogen) atoms. The van der Waals surface area contributed by atoms with E-state index in [1.54, 1.807) is 0 Å². The summed E-state index contributed by atoms with van der Waals surface area (Å²) in [7, 11) is 4.15. The van der Waals surface area contributed by atoms with Crippen LogP contribution >= 0.6 is 0 Å². The van der Waals surface area contributed by atoms with Gasteiger partial charge in [-0.25, -0.2) is 0 Å². The lowest BCUT2D eigenvalue weighted by molar-refractivity contribution is -0.163. The number of carbonyl (C=O) groups excluding carboxylic acids is 3. The smallest absolute Gasteiger partial charge is 0.320 e. The van der Waals surface area contributed by atoms with Crippen LogP contribution in [-0.2, 0) is 28.6 Å². The SMILES string of the molecule is CCCCC1CC=CC(C=CCCCCCCCC(=O)OC)(C(=O)OC)C1C(=O)OC. The average molecular weight is 437 g/mol. The molecule has 6 nitrogen and oxygen atoms in total. The number of unbranched alkanes of at least 4 members (excludes halogenated alkanes) is 6. The number of ether oxygens (including phenoxy) is 3. The van der Waals surface area contributed by atoms with Gasteiger partial charge in [0.1, 0.15) is 5.41 Å². The van der Waals surface area contributed by atoms with Gasteiger partial charge in [0.15, 0.2) is 0 Å². The van der Waals surface area contributed by atoms with E-state index in [4.69, 9.17) is 9.47 Å². The lowest BCUT2D eigenvalue weighted by Crippen LogP contribution is -2.46. The summed E-state index contributed by atoms with van der Waals surface area (Å²) >= 11 is 0. The predicted octanol–water partition coefficient (Wildman–Crippen LogP) is 5.16. The first-order valence-electron chi connectivity index (χ1n) is 11.5. The number of carbonyl (C=O) groups is 3. The summed E-state index contributed by atoms with van der Waals surface area (Å²) in [6, 6.07) is 0. The Hall–Kier alpha value is -2.11. The number of hydrogen-bond donors (Lipinski definition) is 0. The summed E-state index contributed by atoms with van der Waals surface area (Å²) in [5.74, 6) is -1.45. The first-order valence-corrected chi connectivity index (χ1v) is 11.5. The molecule has 0 aliphatic heterocycles. The molecule has 0 bridgehead atoms. The van der Waals surface area contributed by atoms with E-state index in [2.05, 4.69) is 11.7 Å². The third-order valence-corrected chi connectivity index (χ3v) is 6.11. The number of methoxy groups -OCH3 is 3. The van der Waals surface area contributed by atoms with E-state index in [1.165, 1.54) is 21.3 Å². The molecular weight excluding hydrogens is 396 g/mol. The van der Waals surface area contributed by atoms with Crippen LogP contribution in [0.2, 0.25) is 0 Å². The Morgan fingerprint density at radius 3 is 2.32 bits per heavy atom. The van der Waals surface area contributed by atoms with Crippen LogP contribution in [0.3, 0.4) is 0 Å². The minimum Gasteiger partial charge on any atom is -0.469 e. The molecule has 1 rings (SSSR count). The largest absolute Gasteiger partial charge is 0.469 e. The van der Waals surface area contributed by atoms with Crippen molar-refractivity contribution >= 4 is 17.9 Å². The Labute approximate surface area is 187 Å². The van der Waals surface area contributed by atoms with Crippen LogP contribution in [0.25, 0.3) is 0 Å². The van der Waals surface area contributed by atoms with E-state index in [0.29, 0.717) is 6.42 Å². The normalized spacial score (nSPS) is 23.0. The van der Waals surface area contributed by atoms with Gasteiger partial charge < -0.3 is 14.2 Å². The highest BCUT2D eigenvalue weighted by Crippen LogP contribution is 2.45. The van der Waals surface area contributed by atoms with Crippen LogP contribution in [0.4, 0.5) is 0 Å². The van der Waals surface area contributed by atoms with Crippen molar-refractivity contribution in [2.75, 3.05) is 21.3 Å². The Bertz CT molecular complexity index is 624. The molecule has 0 heterocycles. The second kappa shape index (κ2) is 14.8. The highest BCUT2D eigenvalue weighted by atomic mass is 16.5. The molecule has 1 aliphatic rings. The van der Waals surface area contributed by atoms with Gasteiger partial charge in [-0.1, -0.05) is 63.3 Å². The number of allylic oxidation sites excluding steroid dienone is 2. The van der Waals surface area contributed by atoms with Gasteiger partial charge in [-0.2, -0.15) is 0 Å². The lowest BCUT2D eigenvalue weighted by atomic mass is 9.63. The van der Waals surface area contributed by atoms with E-state index in [-0.39, 0.29) is 17.9 Å². The molecule has 0 aromatic rings. The van der Waals surface area contributed by atoms with Gasteiger partial charge in [0, 0.05) is 6.42 Å². The van der Waals surface area contributed by atoms with Crippen molar-refractivity contribution in [2.24, 2.45) is 17.3 Å². The maximum absolute atomic E-state index is 12.9. The van der Waals surface area contributed by atoms with Gasteiger partial charge in [-0.3, -0.25) is 14.4 Å². The molecule has 0 saturated carbocycles. The van der Waals surface area contributed by atoms with Crippen molar-refractivity contribution in [1.29, 1.82) is 0 Å². The van der Waals surface area contributed by atoms with Crippen molar-refractivity contribution < 1.29 is 28.6 Å². The maximum atomic E-state index is 12.9. The Balaban J connectivity index is 2.77. The zero-order chi connectivity index (χ0) is 23.1. The summed E-state index contributed by atoms with van der Waals surface area (Å²) in [6.07, 6.45) is 17.6. The third kappa shape index (κ3) is 8.15. The highest BCUT2D eigenvalue weighted by molar-refractivity contribution is 5.89. The lowest BCUT2D eigenvalue weighted by Gasteiger charge is -2.39. The molecule has 0 spiro atoms. The molecule has 0 fully saturated rings. The minimum absolute atomic E-state index is 0.0518. The summed E-state index contributed by atoms with van der Waals surface area (Å²) in [6.45, 7) is 2.12. The van der Waals surface area contributed by atoms with Gasteiger partial charge in [-0.05, 0) is 38.0 Å². The van der Waals surface area contributed by atoms with Crippen molar-refractivity contribution in [3.8, 4) is 0 Å². The molecular formula is C25H40O6. The van der Waals surface area contributed by atoms with Crippen LogP contribution in [0.1, 0.15) is 77.6 Å². The molecule has 1 aliphatic carbocycles. The molecule has 176 valence electrons. The summed E-state index contributed by atoms with van der Waals surface area (Å²) in [5, 5.41) is 0. The van der Waals surface area contributed by atoms with Crippen molar-refractivity contribution in [2.45, 2.75) is 77.6 Å². The van der Waals surface area contributed by atoms with Gasteiger partial charge in [0.05, 0.1) is 27.2 Å². The molecule has 6 heteroatoms. The fraction of sp³-hybridized carbons (Fsp3) is 0.720. The fourth-order valence-electron chi connectivity index (χ4n) is 4.37. The molecule has 0 N–H and O–H groups in total. The molecule has 0 amide bonds. The van der Waals surface area contributed by atoms with Crippen LogP contribution in [0.15, 0.2) is 24.3 Å². The van der Waals surface area contributed by atoms with Gasteiger partial charge >= 0.3 is 17.9 Å². The van der Waals surface area contributed by atoms with E-state index in [0.717, 1.165) is 64.2 Å². The summed E-state index contributed by atoms with van der Waals surface area (Å²) in [4.78, 5) is 36.8. The predicted molar refractivity (Wildman–Crippen MR) is 120 cm³/mol. The van der Waals surface area contributed by atoms with Gasteiger partial charge in [0.2, 0.25) is 0 Å². The van der Waals surface area contributed by atoms with E-state index < -0.39 is 17.3 Å². The number of hydrogen-bond acceptors (Lipinski definition) is 6. The van der Waals surface area contributed by atoms with E-state index >= 15 is 0 Å². The van der Waals surface area contributed by atoms with Crippen molar-refractivity contribution in [3.05, 3.63) is 24.3 Å². The topological polar surface area (TPSA) is 78.9 Å². The monoisotopic (exact) mass is 436 g/mol. The zero-order valence-electron chi connectivity index (χ0n) is 19.7. The first kappa shape index (κ1) is 26.9. The van der Waals surface area contributed by atoms with Gasteiger partial charge in [-0.15, -0.1) is 0 Å². The number of rotatable bonds is 14. The quantitative estimate of drug-likeness (QED) is 0.162. The van der Waals surface area contributed by atoms with Crippen LogP contribution < -0.4 is 0 Å². The van der Waals surface area contributed by atoms with Crippen molar-refractivity contribution in [1.82, 2.24) is 0 Å². The summed E-state index contributed by atoms with van der Waals surface area (Å²) in [5.41, 5.74) is -1.11. The van der Waals surface area contributed by atoms with Crippen LogP contribution in [-0.4, -0.2) is 39.2 Å². The standard InChI is InChI=1S/C25H40O6/c1-5-6-15-20-16-14-19-25(24(28)31-4,22(20)23(27)30-3)18-13-11-9-7-8-10-12-17-21(26)29-2/h13-14,18-20,22H,5-12,15-17H2,1-4H3. The second-order valence-electron chi connectivity index (χ2n) is 8.25.